The first-order chi connectivity index (χ1) is 18.2. The Balaban J connectivity index is 1.18. The highest BCUT2D eigenvalue weighted by Gasteiger charge is 2.38. The summed E-state index contributed by atoms with van der Waals surface area (Å²) in [6.07, 6.45) is 2.18. The summed E-state index contributed by atoms with van der Waals surface area (Å²) in [4.78, 5) is 15.9. The topological polar surface area (TPSA) is 40.4 Å². The van der Waals surface area contributed by atoms with Gasteiger partial charge in [0.05, 0.1) is 6.54 Å². The van der Waals surface area contributed by atoms with E-state index in [1.165, 1.54) is 43.6 Å². The van der Waals surface area contributed by atoms with Gasteiger partial charge in [-0.3, -0.25) is 9.80 Å². The lowest BCUT2D eigenvalue weighted by Crippen LogP contribution is -2.52. The Hall–Kier alpha value is -2.75. The van der Waals surface area contributed by atoms with E-state index in [1.54, 1.807) is 13.0 Å². The monoisotopic (exact) mass is 526 g/mol. The maximum atomic E-state index is 13.7. The summed E-state index contributed by atoms with van der Waals surface area (Å²) in [7, 11) is 2.20. The number of rotatable bonds is 6. The molecule has 0 N–H and O–H groups in total. The molecule has 0 aliphatic carbocycles. The second-order valence-electron chi connectivity index (χ2n) is 10.8. The van der Waals surface area contributed by atoms with Gasteiger partial charge in [-0.2, -0.15) is 13.2 Å². The number of piperidine rings is 1. The van der Waals surface area contributed by atoms with Crippen molar-refractivity contribution in [1.82, 2.24) is 29.2 Å². The van der Waals surface area contributed by atoms with Gasteiger partial charge in [0.2, 0.25) is 5.82 Å². The normalized spacial score (nSPS) is 19.2. The SMILES string of the molecule is Cc1cc2nc(C(F)(F)F)n(Cc3ccc(C=CCN4CCC(N5CCN(C)CC5)CC4)cc3)c2nc1C. The zero-order chi connectivity index (χ0) is 26.9. The molecule has 5 rings (SSSR count). The van der Waals surface area contributed by atoms with Crippen LogP contribution >= 0.6 is 0 Å². The van der Waals surface area contributed by atoms with Crippen LogP contribution in [-0.4, -0.2) is 88.1 Å². The second kappa shape index (κ2) is 11.2. The molecule has 6 nitrogen and oxygen atoms in total. The number of fused-ring (bicyclic) bond motifs is 1. The van der Waals surface area contributed by atoms with Gasteiger partial charge in [-0.25, -0.2) is 9.97 Å². The van der Waals surface area contributed by atoms with Gasteiger partial charge in [0, 0.05) is 44.5 Å². The summed E-state index contributed by atoms with van der Waals surface area (Å²) in [6.45, 7) is 11.5. The maximum absolute atomic E-state index is 13.7. The van der Waals surface area contributed by atoms with Gasteiger partial charge in [0.1, 0.15) is 5.52 Å². The standard InChI is InChI=1S/C29H37F3N6/c1-21-19-26-27(33-22(21)2)38(28(34-26)29(30,31)32)20-24-8-6-23(7-9-24)5-4-12-36-13-10-25(11-14-36)37-17-15-35(3)16-18-37/h4-9,19,25H,10-18,20H2,1-3H3. The van der Waals surface area contributed by atoms with Crippen molar-refractivity contribution in [3.63, 3.8) is 0 Å². The van der Waals surface area contributed by atoms with Crippen LogP contribution in [0.4, 0.5) is 13.2 Å². The summed E-state index contributed by atoms with van der Waals surface area (Å²) >= 11 is 0. The van der Waals surface area contributed by atoms with Crippen LogP contribution in [0.25, 0.3) is 17.2 Å². The van der Waals surface area contributed by atoms with Gasteiger partial charge in [-0.05, 0) is 69.6 Å². The number of hydrogen-bond acceptors (Lipinski definition) is 5. The number of benzene rings is 1. The average Bonchev–Trinajstić information content (AvgIpc) is 3.24. The molecule has 2 aliphatic heterocycles. The van der Waals surface area contributed by atoms with Gasteiger partial charge in [-0.1, -0.05) is 36.4 Å². The largest absolute Gasteiger partial charge is 0.449 e. The first kappa shape index (κ1) is 26.8. The summed E-state index contributed by atoms with van der Waals surface area (Å²) in [5.41, 5.74) is 3.88. The Kier molecular flexibility index (Phi) is 7.88. The molecule has 0 radical (unpaired) electrons. The molecule has 2 aliphatic rings. The number of nitrogens with zero attached hydrogens (tertiary/aromatic N) is 6. The number of aryl methyl sites for hydroxylation is 2. The van der Waals surface area contributed by atoms with Crippen molar-refractivity contribution in [3.8, 4) is 0 Å². The highest BCUT2D eigenvalue weighted by molar-refractivity contribution is 5.73. The van der Waals surface area contributed by atoms with Crippen molar-refractivity contribution < 1.29 is 13.2 Å². The van der Waals surface area contributed by atoms with Crippen molar-refractivity contribution in [2.24, 2.45) is 0 Å². The van der Waals surface area contributed by atoms with Gasteiger partial charge in [-0.15, -0.1) is 0 Å². The van der Waals surface area contributed by atoms with E-state index in [0.717, 1.165) is 36.3 Å². The fraction of sp³-hybridized carbons (Fsp3) is 0.517. The van der Waals surface area contributed by atoms with Crippen LogP contribution in [0.5, 0.6) is 0 Å². The summed E-state index contributed by atoms with van der Waals surface area (Å²) in [5, 5.41) is 0. The Morgan fingerprint density at radius 1 is 0.947 bits per heavy atom. The molecule has 0 atom stereocenters. The van der Waals surface area contributed by atoms with Gasteiger partial charge in [0.25, 0.3) is 0 Å². The lowest BCUT2D eigenvalue weighted by molar-refractivity contribution is -0.146. The van der Waals surface area contributed by atoms with E-state index in [-0.39, 0.29) is 17.7 Å². The lowest BCUT2D eigenvalue weighted by atomic mass is 10.0. The van der Waals surface area contributed by atoms with Crippen LogP contribution in [-0.2, 0) is 12.7 Å². The number of piperazine rings is 1. The Bertz CT molecular complexity index is 1260. The minimum absolute atomic E-state index is 0.0626. The molecule has 4 heterocycles. The molecule has 1 aromatic carbocycles. The second-order valence-corrected chi connectivity index (χ2v) is 10.8. The molecule has 204 valence electrons. The first-order valence-corrected chi connectivity index (χ1v) is 13.5. The van der Waals surface area contributed by atoms with Crippen molar-refractivity contribution in [2.75, 3.05) is 52.9 Å². The number of imidazole rings is 1. The minimum Gasteiger partial charge on any atom is -0.304 e. The van der Waals surface area contributed by atoms with Crippen molar-refractivity contribution in [3.05, 3.63) is 64.6 Å². The van der Waals surface area contributed by atoms with Crippen LogP contribution in [0, 0.1) is 13.8 Å². The molecule has 2 fully saturated rings. The van der Waals surface area contributed by atoms with Gasteiger partial charge >= 0.3 is 6.18 Å². The Morgan fingerprint density at radius 3 is 2.29 bits per heavy atom. The van der Waals surface area contributed by atoms with E-state index in [9.17, 15) is 13.2 Å². The van der Waals surface area contributed by atoms with E-state index in [1.807, 2.05) is 31.2 Å². The van der Waals surface area contributed by atoms with Gasteiger partial charge in [0.15, 0.2) is 5.65 Å². The molecule has 38 heavy (non-hydrogen) atoms. The Labute approximate surface area is 222 Å². The first-order valence-electron chi connectivity index (χ1n) is 13.5. The van der Waals surface area contributed by atoms with Crippen molar-refractivity contribution in [2.45, 2.75) is 45.5 Å². The zero-order valence-corrected chi connectivity index (χ0v) is 22.5. The van der Waals surface area contributed by atoms with Crippen LogP contribution < -0.4 is 0 Å². The molecular weight excluding hydrogens is 489 g/mol. The molecule has 3 aromatic rings. The number of halogens is 3. The quantitative estimate of drug-likeness (QED) is 0.460. The molecule has 0 bridgehead atoms. The third-order valence-electron chi connectivity index (χ3n) is 8.02. The molecule has 9 heteroatoms. The highest BCUT2D eigenvalue weighted by atomic mass is 19.4. The molecular formula is C29H37F3N6. The van der Waals surface area contributed by atoms with E-state index < -0.39 is 12.0 Å². The Morgan fingerprint density at radius 2 is 1.63 bits per heavy atom. The summed E-state index contributed by atoms with van der Waals surface area (Å²) in [5.74, 6) is -0.912. The molecule has 2 aromatic heterocycles. The number of likely N-dealkylation sites (tertiary alicyclic amines) is 1. The predicted octanol–water partition coefficient (Wildman–Crippen LogP) is 4.84. The highest BCUT2D eigenvalue weighted by Crippen LogP contribution is 2.32. The summed E-state index contributed by atoms with van der Waals surface area (Å²) < 4.78 is 42.4. The average molecular weight is 527 g/mol. The number of pyridine rings is 1. The third kappa shape index (κ3) is 6.11. The number of alkyl halides is 3. The zero-order valence-electron chi connectivity index (χ0n) is 22.5. The van der Waals surface area contributed by atoms with E-state index in [0.29, 0.717) is 11.7 Å². The van der Waals surface area contributed by atoms with E-state index in [2.05, 4.69) is 43.9 Å². The van der Waals surface area contributed by atoms with Crippen LogP contribution in [0.2, 0.25) is 0 Å². The molecule has 2 saturated heterocycles. The fourth-order valence-corrected chi connectivity index (χ4v) is 5.51. The van der Waals surface area contributed by atoms with Gasteiger partial charge < -0.3 is 9.47 Å². The number of hydrogen-bond donors (Lipinski definition) is 0. The van der Waals surface area contributed by atoms with Crippen molar-refractivity contribution in [1.29, 1.82) is 0 Å². The number of likely N-dealkylation sites (N-methyl/N-ethyl adjacent to an activating group) is 1. The lowest BCUT2D eigenvalue weighted by Gasteiger charge is -2.41. The maximum Gasteiger partial charge on any atom is 0.449 e. The molecule has 0 unspecified atom stereocenters. The molecule has 0 spiro atoms. The van der Waals surface area contributed by atoms with Crippen LogP contribution in [0.15, 0.2) is 36.4 Å². The predicted molar refractivity (Wildman–Crippen MR) is 145 cm³/mol. The summed E-state index contributed by atoms with van der Waals surface area (Å²) in [6, 6.07) is 10.1. The van der Waals surface area contributed by atoms with E-state index in [4.69, 9.17) is 0 Å². The van der Waals surface area contributed by atoms with Crippen LogP contribution in [0.1, 0.15) is 41.1 Å². The van der Waals surface area contributed by atoms with Crippen LogP contribution in [0.3, 0.4) is 0 Å². The van der Waals surface area contributed by atoms with Crippen molar-refractivity contribution >= 4 is 17.2 Å². The van der Waals surface area contributed by atoms with E-state index >= 15 is 0 Å². The third-order valence-corrected chi connectivity index (χ3v) is 8.02. The minimum atomic E-state index is -4.55. The molecule has 0 saturated carbocycles. The molecule has 0 amide bonds. The number of aromatic nitrogens is 3. The fourth-order valence-electron chi connectivity index (χ4n) is 5.51. The smallest absolute Gasteiger partial charge is 0.304 e.